The quantitative estimate of drug-likeness (QED) is 0.799. The lowest BCUT2D eigenvalue weighted by Gasteiger charge is -2.37. The first-order valence-corrected chi connectivity index (χ1v) is 5.99. The van der Waals surface area contributed by atoms with Crippen LogP contribution in [0.5, 0.6) is 0 Å². The Morgan fingerprint density at radius 3 is 2.71 bits per heavy atom. The van der Waals surface area contributed by atoms with Crippen LogP contribution in [0.4, 0.5) is 0 Å². The average molecular weight is 243 g/mol. The topological polar surface area (TPSA) is 66.8 Å². The van der Waals surface area contributed by atoms with E-state index in [9.17, 15) is 9.59 Å². The van der Waals surface area contributed by atoms with Crippen molar-refractivity contribution in [1.82, 2.24) is 4.90 Å². The van der Waals surface area contributed by atoms with Crippen molar-refractivity contribution in [3.8, 4) is 0 Å². The minimum atomic E-state index is -0.908. The number of nitrogens with zero attached hydrogens (tertiary/aromatic N) is 1. The maximum Gasteiger partial charge on any atom is 0.326 e. The highest BCUT2D eigenvalue weighted by molar-refractivity contribution is 5.85. The summed E-state index contributed by atoms with van der Waals surface area (Å²) in [7, 11) is 1.54. The Morgan fingerprint density at radius 1 is 1.53 bits per heavy atom. The number of likely N-dealkylation sites (tertiary alicyclic amines) is 1. The van der Waals surface area contributed by atoms with Crippen molar-refractivity contribution in [2.75, 3.05) is 20.3 Å². The first kappa shape index (κ1) is 14.0. The minimum Gasteiger partial charge on any atom is -0.480 e. The van der Waals surface area contributed by atoms with Gasteiger partial charge in [-0.05, 0) is 18.8 Å². The summed E-state index contributed by atoms with van der Waals surface area (Å²) in [6.45, 7) is 4.65. The molecule has 1 N–H and O–H groups in total. The van der Waals surface area contributed by atoms with Crippen LogP contribution in [0.1, 0.15) is 26.7 Å². The fourth-order valence-corrected chi connectivity index (χ4v) is 2.24. The van der Waals surface area contributed by atoms with Crippen molar-refractivity contribution in [2.24, 2.45) is 11.8 Å². The highest BCUT2D eigenvalue weighted by Gasteiger charge is 2.36. The van der Waals surface area contributed by atoms with E-state index in [0.29, 0.717) is 25.5 Å². The van der Waals surface area contributed by atoms with E-state index in [4.69, 9.17) is 9.84 Å². The monoisotopic (exact) mass is 243 g/mol. The van der Waals surface area contributed by atoms with Crippen LogP contribution in [0.15, 0.2) is 0 Å². The maximum absolute atomic E-state index is 12.1. The summed E-state index contributed by atoms with van der Waals surface area (Å²) >= 11 is 0. The van der Waals surface area contributed by atoms with Crippen LogP contribution in [-0.2, 0) is 14.3 Å². The number of piperidine rings is 1. The molecule has 3 atom stereocenters. The number of rotatable bonds is 4. The van der Waals surface area contributed by atoms with Crippen molar-refractivity contribution >= 4 is 11.9 Å². The number of amides is 1. The summed E-state index contributed by atoms with van der Waals surface area (Å²) < 4.78 is 4.94. The molecule has 1 rings (SSSR count). The van der Waals surface area contributed by atoms with Gasteiger partial charge >= 0.3 is 5.97 Å². The fourth-order valence-electron chi connectivity index (χ4n) is 2.24. The van der Waals surface area contributed by atoms with Crippen LogP contribution < -0.4 is 0 Å². The number of carboxylic acids is 1. The Balaban J connectivity index is 2.72. The molecule has 0 aliphatic carbocycles. The number of ether oxygens (including phenoxy) is 1. The Hall–Kier alpha value is -1.10. The zero-order valence-electron chi connectivity index (χ0n) is 10.7. The molecule has 0 aromatic heterocycles. The lowest BCUT2D eigenvalue weighted by molar-refractivity contribution is -0.155. The molecule has 0 bridgehead atoms. The highest BCUT2D eigenvalue weighted by Crippen LogP contribution is 2.24. The molecule has 1 saturated heterocycles. The Bertz CT molecular complexity index is 292. The molecule has 0 aromatic carbocycles. The Kier molecular flexibility index (Phi) is 4.93. The smallest absolute Gasteiger partial charge is 0.326 e. The molecule has 0 saturated carbocycles. The fraction of sp³-hybridized carbons (Fsp3) is 0.833. The molecule has 5 heteroatoms. The first-order chi connectivity index (χ1) is 7.97. The number of carbonyl (C=O) groups is 2. The summed E-state index contributed by atoms with van der Waals surface area (Å²) in [6.07, 6.45) is 1.41. The summed E-state index contributed by atoms with van der Waals surface area (Å²) in [4.78, 5) is 24.8. The van der Waals surface area contributed by atoms with E-state index >= 15 is 0 Å². The van der Waals surface area contributed by atoms with Crippen LogP contribution >= 0.6 is 0 Å². The molecule has 1 aliphatic heterocycles. The van der Waals surface area contributed by atoms with Crippen molar-refractivity contribution < 1.29 is 19.4 Å². The van der Waals surface area contributed by atoms with Gasteiger partial charge in [0.1, 0.15) is 6.04 Å². The second-order valence-electron chi connectivity index (χ2n) is 4.87. The number of hydrogen-bond donors (Lipinski definition) is 1. The molecule has 0 radical (unpaired) electrons. The second-order valence-corrected chi connectivity index (χ2v) is 4.87. The second kappa shape index (κ2) is 6.00. The molecule has 1 amide bonds. The minimum absolute atomic E-state index is 0.119. The van der Waals surface area contributed by atoms with Crippen molar-refractivity contribution in [2.45, 2.75) is 32.7 Å². The third kappa shape index (κ3) is 3.43. The van der Waals surface area contributed by atoms with Crippen LogP contribution in [0, 0.1) is 11.8 Å². The number of hydrogen-bond acceptors (Lipinski definition) is 3. The summed E-state index contributed by atoms with van der Waals surface area (Å²) in [5, 5.41) is 9.16. The maximum atomic E-state index is 12.1. The van der Waals surface area contributed by atoms with E-state index in [2.05, 4.69) is 0 Å². The molecule has 5 nitrogen and oxygen atoms in total. The molecule has 1 aliphatic rings. The third-order valence-electron chi connectivity index (χ3n) is 3.27. The van der Waals surface area contributed by atoms with Gasteiger partial charge < -0.3 is 14.7 Å². The summed E-state index contributed by atoms with van der Waals surface area (Å²) in [5.41, 5.74) is 0. The molecule has 98 valence electrons. The van der Waals surface area contributed by atoms with Gasteiger partial charge in [0.15, 0.2) is 0 Å². The van der Waals surface area contributed by atoms with Gasteiger partial charge in [-0.15, -0.1) is 0 Å². The lowest BCUT2D eigenvalue weighted by Crippen LogP contribution is -2.51. The number of carbonyl (C=O) groups excluding carboxylic acids is 1. The molecule has 17 heavy (non-hydrogen) atoms. The van der Waals surface area contributed by atoms with Gasteiger partial charge in [-0.25, -0.2) is 4.79 Å². The lowest BCUT2D eigenvalue weighted by atomic mass is 9.91. The molecule has 1 heterocycles. The summed E-state index contributed by atoms with van der Waals surface area (Å²) in [6, 6.07) is -0.675. The molecule has 3 unspecified atom stereocenters. The van der Waals surface area contributed by atoms with Gasteiger partial charge in [0, 0.05) is 13.7 Å². The standard InChI is InChI=1S/C12H21NO4/c1-8-4-5-13(10(6-8)12(15)16)11(14)9(2)7-17-3/h8-10H,4-7H2,1-3H3,(H,15,16). The van der Waals surface area contributed by atoms with Gasteiger partial charge in [0.25, 0.3) is 0 Å². The third-order valence-corrected chi connectivity index (χ3v) is 3.27. The van der Waals surface area contributed by atoms with E-state index < -0.39 is 12.0 Å². The van der Waals surface area contributed by atoms with Gasteiger partial charge in [0.05, 0.1) is 12.5 Å². The molecular weight excluding hydrogens is 222 g/mol. The normalized spacial score (nSPS) is 26.6. The van der Waals surface area contributed by atoms with E-state index in [1.54, 1.807) is 6.92 Å². The Labute approximate surface area is 102 Å². The predicted octanol–water partition coefficient (Wildman–Crippen LogP) is 0.981. The SMILES string of the molecule is COCC(C)C(=O)N1CCC(C)CC1C(=O)O. The van der Waals surface area contributed by atoms with Crippen LogP contribution in [0.3, 0.4) is 0 Å². The predicted molar refractivity (Wildman–Crippen MR) is 62.6 cm³/mol. The zero-order valence-corrected chi connectivity index (χ0v) is 10.7. The first-order valence-electron chi connectivity index (χ1n) is 5.99. The summed E-state index contributed by atoms with van der Waals surface area (Å²) in [5.74, 6) is -0.950. The number of aliphatic carboxylic acids is 1. The zero-order chi connectivity index (χ0) is 13.0. The van der Waals surface area contributed by atoms with Gasteiger partial charge in [-0.2, -0.15) is 0 Å². The van der Waals surface area contributed by atoms with Gasteiger partial charge in [0.2, 0.25) is 5.91 Å². The highest BCUT2D eigenvalue weighted by atomic mass is 16.5. The molecule has 1 fully saturated rings. The Morgan fingerprint density at radius 2 is 2.18 bits per heavy atom. The molecule has 0 spiro atoms. The van der Waals surface area contributed by atoms with Crippen molar-refractivity contribution in [3.63, 3.8) is 0 Å². The van der Waals surface area contributed by atoms with Crippen LogP contribution in [0.25, 0.3) is 0 Å². The molecule has 0 aromatic rings. The average Bonchev–Trinajstić information content (AvgIpc) is 2.28. The van der Waals surface area contributed by atoms with Crippen molar-refractivity contribution in [1.29, 1.82) is 0 Å². The van der Waals surface area contributed by atoms with Crippen LogP contribution in [-0.4, -0.2) is 48.2 Å². The van der Waals surface area contributed by atoms with E-state index in [0.717, 1.165) is 6.42 Å². The van der Waals surface area contributed by atoms with Crippen LogP contribution in [0.2, 0.25) is 0 Å². The van der Waals surface area contributed by atoms with E-state index in [1.165, 1.54) is 12.0 Å². The largest absolute Gasteiger partial charge is 0.480 e. The van der Waals surface area contributed by atoms with Gasteiger partial charge in [-0.3, -0.25) is 4.79 Å². The van der Waals surface area contributed by atoms with E-state index in [-0.39, 0.29) is 11.8 Å². The number of carboxylic acid groups (broad SMARTS) is 1. The van der Waals surface area contributed by atoms with E-state index in [1.807, 2.05) is 6.92 Å². The number of methoxy groups -OCH3 is 1. The molecular formula is C12H21NO4. The van der Waals surface area contributed by atoms with Gasteiger partial charge in [-0.1, -0.05) is 13.8 Å². The van der Waals surface area contributed by atoms with Crippen molar-refractivity contribution in [3.05, 3.63) is 0 Å².